The highest BCUT2D eigenvalue weighted by Gasteiger charge is 2.25. The van der Waals surface area contributed by atoms with Gasteiger partial charge in [-0.05, 0) is 56.6 Å². The lowest BCUT2D eigenvalue weighted by atomic mass is 9.98. The number of methoxy groups -OCH3 is 1. The minimum absolute atomic E-state index is 0.181. The van der Waals surface area contributed by atoms with Gasteiger partial charge in [0.2, 0.25) is 0 Å². The third kappa shape index (κ3) is 5.07. The van der Waals surface area contributed by atoms with Gasteiger partial charge in [0.15, 0.2) is 5.82 Å². The van der Waals surface area contributed by atoms with Crippen LogP contribution in [0.4, 0.5) is 11.5 Å². The third-order valence-corrected chi connectivity index (χ3v) is 7.48. The zero-order valence-electron chi connectivity index (χ0n) is 18.7. The van der Waals surface area contributed by atoms with Crippen LogP contribution in [0.1, 0.15) is 37.8 Å². The molecule has 1 aliphatic heterocycles. The van der Waals surface area contributed by atoms with E-state index in [-0.39, 0.29) is 5.37 Å². The van der Waals surface area contributed by atoms with Gasteiger partial charge in [-0.1, -0.05) is 30.1 Å². The molecule has 1 aliphatic rings. The summed E-state index contributed by atoms with van der Waals surface area (Å²) in [5.74, 6) is 2.10. The quantitative estimate of drug-likeness (QED) is 0.339. The summed E-state index contributed by atoms with van der Waals surface area (Å²) < 4.78 is 5.46. The number of ether oxygens (including phenoxy) is 1. The van der Waals surface area contributed by atoms with Crippen molar-refractivity contribution in [2.75, 3.05) is 36.7 Å². The molecule has 1 fully saturated rings. The summed E-state index contributed by atoms with van der Waals surface area (Å²) in [7, 11) is 1.59. The number of thioether (sulfide) groups is 1. The van der Waals surface area contributed by atoms with Crippen molar-refractivity contribution in [2.45, 2.75) is 39.0 Å². The molecule has 0 radical (unpaired) electrons. The summed E-state index contributed by atoms with van der Waals surface area (Å²) >= 11 is 15.1. The van der Waals surface area contributed by atoms with Gasteiger partial charge >= 0.3 is 0 Å². The molecule has 0 spiro atoms. The Morgan fingerprint density at radius 3 is 2.55 bits per heavy atom. The number of anilines is 2. The Bertz CT molecular complexity index is 961. The van der Waals surface area contributed by atoms with Gasteiger partial charge < -0.3 is 20.4 Å². The number of pyridine rings is 1. The fourth-order valence-electron chi connectivity index (χ4n) is 3.77. The molecule has 2 heterocycles. The lowest BCUT2D eigenvalue weighted by Gasteiger charge is -2.34. The molecule has 2 N–H and O–H groups in total. The molecule has 1 unspecified atom stereocenters. The largest absolute Gasteiger partial charge is 0.495 e. The Kier molecular flexibility index (Phi) is 8.00. The number of piperidine rings is 1. The number of hydrogen-bond acceptors (Lipinski definition) is 6. The van der Waals surface area contributed by atoms with Crippen molar-refractivity contribution in [3.8, 4) is 17.0 Å². The molecule has 31 heavy (non-hydrogen) atoms. The molecule has 0 aliphatic carbocycles. The van der Waals surface area contributed by atoms with E-state index in [2.05, 4.69) is 30.3 Å². The summed E-state index contributed by atoms with van der Waals surface area (Å²) in [6, 6.07) is 3.71. The average Bonchev–Trinajstić information content (AvgIpc) is 2.77. The maximum absolute atomic E-state index is 8.11. The van der Waals surface area contributed by atoms with Crippen LogP contribution in [-0.4, -0.2) is 43.0 Å². The lowest BCUT2D eigenvalue weighted by Crippen LogP contribution is -2.34. The van der Waals surface area contributed by atoms with E-state index in [9.17, 15) is 0 Å². The highest BCUT2D eigenvalue weighted by Crippen LogP contribution is 2.44. The maximum atomic E-state index is 8.11. The maximum Gasteiger partial charge on any atom is 0.153 e. The van der Waals surface area contributed by atoms with Crippen LogP contribution < -0.4 is 15.0 Å². The number of nitrogens with zero attached hydrogens (tertiary/aromatic N) is 2. The van der Waals surface area contributed by atoms with E-state index in [1.165, 1.54) is 6.21 Å². The normalized spacial score (nSPS) is 15.6. The Morgan fingerprint density at radius 2 is 1.97 bits per heavy atom. The zero-order valence-corrected chi connectivity index (χ0v) is 21.0. The molecular formula is C23H30Cl2N4OS. The first-order chi connectivity index (χ1) is 14.8. The van der Waals surface area contributed by atoms with Crippen molar-refractivity contribution < 1.29 is 4.74 Å². The molecule has 8 heteroatoms. The second-order valence-electron chi connectivity index (χ2n) is 8.03. The minimum atomic E-state index is 0.181. The van der Waals surface area contributed by atoms with Crippen molar-refractivity contribution in [1.29, 1.82) is 5.41 Å². The smallest absolute Gasteiger partial charge is 0.153 e. The lowest BCUT2D eigenvalue weighted by molar-refractivity contribution is 0.415. The molecule has 2 aromatic rings. The number of rotatable bonds is 7. The van der Waals surface area contributed by atoms with Crippen LogP contribution in [0.2, 0.25) is 10.0 Å². The van der Waals surface area contributed by atoms with Gasteiger partial charge in [0.1, 0.15) is 5.75 Å². The highest BCUT2D eigenvalue weighted by atomic mass is 35.5. The molecular weight excluding hydrogens is 451 g/mol. The first-order valence-corrected chi connectivity index (χ1v) is 12.5. The van der Waals surface area contributed by atoms with Crippen LogP contribution in [-0.2, 0) is 0 Å². The van der Waals surface area contributed by atoms with E-state index in [1.807, 2.05) is 19.1 Å². The van der Waals surface area contributed by atoms with E-state index in [0.717, 1.165) is 48.6 Å². The molecule has 168 valence electrons. The molecule has 0 bridgehead atoms. The van der Waals surface area contributed by atoms with E-state index in [4.69, 9.17) is 38.3 Å². The van der Waals surface area contributed by atoms with Gasteiger partial charge in [-0.3, -0.25) is 0 Å². The Hall–Kier alpha value is -1.63. The van der Waals surface area contributed by atoms with Crippen molar-refractivity contribution >= 4 is 52.7 Å². The molecule has 5 nitrogen and oxygen atoms in total. The van der Waals surface area contributed by atoms with Crippen LogP contribution in [0.3, 0.4) is 0 Å². The zero-order chi connectivity index (χ0) is 22.7. The topological polar surface area (TPSA) is 61.2 Å². The molecule has 0 saturated carbocycles. The first-order valence-electron chi connectivity index (χ1n) is 10.4. The van der Waals surface area contributed by atoms with Gasteiger partial charge in [0, 0.05) is 30.4 Å². The molecule has 1 saturated heterocycles. The van der Waals surface area contributed by atoms with Crippen LogP contribution in [0, 0.1) is 18.3 Å². The third-order valence-electron chi connectivity index (χ3n) is 5.80. The molecule has 1 aromatic heterocycles. The molecule has 3 rings (SSSR count). The fraction of sp³-hybridized carbons (Fsp3) is 0.478. The van der Waals surface area contributed by atoms with Crippen LogP contribution in [0.5, 0.6) is 5.75 Å². The average molecular weight is 481 g/mol. The summed E-state index contributed by atoms with van der Waals surface area (Å²) in [6.07, 6.45) is 5.65. The predicted octanol–water partition coefficient (Wildman–Crippen LogP) is 6.73. The van der Waals surface area contributed by atoms with Crippen LogP contribution in [0.15, 0.2) is 12.1 Å². The summed E-state index contributed by atoms with van der Waals surface area (Å²) in [4.78, 5) is 7.36. The molecule has 1 atom stereocenters. The fourth-order valence-corrected chi connectivity index (χ4v) is 4.62. The van der Waals surface area contributed by atoms with E-state index in [0.29, 0.717) is 33.0 Å². The van der Waals surface area contributed by atoms with Gasteiger partial charge in [0.25, 0.3) is 0 Å². The number of aromatic nitrogens is 1. The Balaban J connectivity index is 2.23. The van der Waals surface area contributed by atoms with E-state index >= 15 is 0 Å². The van der Waals surface area contributed by atoms with Crippen molar-refractivity contribution in [3.05, 3.63) is 33.3 Å². The highest BCUT2D eigenvalue weighted by molar-refractivity contribution is 7.99. The van der Waals surface area contributed by atoms with Gasteiger partial charge in [-0.15, -0.1) is 11.8 Å². The summed E-state index contributed by atoms with van der Waals surface area (Å²) in [5.41, 5.74) is 3.78. The molecule has 1 aromatic carbocycles. The SMILES string of the molecule is COc1cc(C)c(Cl)c(-c2cc(C=N)c(NC(C)SC)c(N3CCC(C)CC3)n2)c1Cl. The van der Waals surface area contributed by atoms with Gasteiger partial charge in [-0.25, -0.2) is 4.98 Å². The van der Waals surface area contributed by atoms with Gasteiger partial charge in [-0.2, -0.15) is 0 Å². The first kappa shape index (κ1) is 24.0. The Labute approximate surface area is 199 Å². The van der Waals surface area contributed by atoms with Gasteiger partial charge in [0.05, 0.1) is 33.9 Å². The standard InChI is InChI=1S/C23H30Cl2N4OS/c1-13-6-8-29(9-7-13)23-22(27-15(3)31-5)16(12-26)11-17(28-23)19-20(24)14(2)10-18(30-4)21(19)25/h10-13,15,26-27H,6-9H2,1-5H3. The summed E-state index contributed by atoms with van der Waals surface area (Å²) in [6.45, 7) is 8.17. The van der Waals surface area contributed by atoms with Crippen molar-refractivity contribution in [3.63, 3.8) is 0 Å². The Morgan fingerprint density at radius 1 is 1.29 bits per heavy atom. The van der Waals surface area contributed by atoms with E-state index < -0.39 is 0 Å². The van der Waals surface area contributed by atoms with Crippen LogP contribution in [0.25, 0.3) is 11.3 Å². The van der Waals surface area contributed by atoms with Crippen molar-refractivity contribution in [1.82, 2.24) is 4.98 Å². The number of nitrogens with one attached hydrogen (secondary N) is 2. The van der Waals surface area contributed by atoms with Crippen LogP contribution >= 0.6 is 35.0 Å². The number of halogens is 2. The monoisotopic (exact) mass is 480 g/mol. The number of hydrogen-bond donors (Lipinski definition) is 2. The van der Waals surface area contributed by atoms with Crippen molar-refractivity contribution in [2.24, 2.45) is 5.92 Å². The minimum Gasteiger partial charge on any atom is -0.495 e. The second-order valence-corrected chi connectivity index (χ2v) is 9.96. The molecule has 0 amide bonds. The summed E-state index contributed by atoms with van der Waals surface area (Å²) in [5, 5.41) is 12.8. The predicted molar refractivity (Wildman–Crippen MR) is 136 cm³/mol. The van der Waals surface area contributed by atoms with E-state index in [1.54, 1.807) is 18.9 Å². The second kappa shape index (κ2) is 10.3. The number of benzene rings is 1. The number of aryl methyl sites for hydroxylation is 1.